The lowest BCUT2D eigenvalue weighted by atomic mass is 9.99. The zero-order chi connectivity index (χ0) is 13.8. The molecule has 0 radical (unpaired) electrons. The second-order valence-corrected chi connectivity index (χ2v) is 5.58. The third-order valence-corrected chi connectivity index (χ3v) is 2.44. The van der Waals surface area contributed by atoms with Crippen LogP contribution in [-0.2, 0) is 4.74 Å². The van der Waals surface area contributed by atoms with Gasteiger partial charge in [-0.3, -0.25) is 0 Å². The zero-order valence-corrected chi connectivity index (χ0v) is 11.6. The SMILES string of the molecule is CC(C)[C@H](O)[C@@H](CO)N(C)C(=O)OC(C)(C)C. The number of hydrogen-bond donors (Lipinski definition) is 2. The highest BCUT2D eigenvalue weighted by Crippen LogP contribution is 2.15. The molecule has 0 aliphatic carbocycles. The van der Waals surface area contributed by atoms with Crippen LogP contribution in [0.15, 0.2) is 0 Å². The van der Waals surface area contributed by atoms with Gasteiger partial charge < -0.3 is 19.8 Å². The van der Waals surface area contributed by atoms with Crippen LogP contribution in [-0.4, -0.2) is 52.6 Å². The van der Waals surface area contributed by atoms with E-state index in [1.54, 1.807) is 20.8 Å². The van der Waals surface area contributed by atoms with Gasteiger partial charge in [-0.25, -0.2) is 4.79 Å². The van der Waals surface area contributed by atoms with Crippen molar-refractivity contribution in [2.24, 2.45) is 5.92 Å². The van der Waals surface area contributed by atoms with Gasteiger partial charge >= 0.3 is 6.09 Å². The van der Waals surface area contributed by atoms with E-state index in [4.69, 9.17) is 4.74 Å². The van der Waals surface area contributed by atoms with Crippen LogP contribution in [0.3, 0.4) is 0 Å². The molecule has 0 aromatic carbocycles. The molecule has 0 rings (SSSR count). The van der Waals surface area contributed by atoms with Crippen molar-refractivity contribution < 1.29 is 19.7 Å². The molecule has 2 atom stereocenters. The first-order valence-corrected chi connectivity index (χ1v) is 5.85. The molecular weight excluding hydrogens is 222 g/mol. The van der Waals surface area contributed by atoms with Crippen molar-refractivity contribution in [3.63, 3.8) is 0 Å². The van der Waals surface area contributed by atoms with Crippen molar-refractivity contribution in [1.29, 1.82) is 0 Å². The maximum Gasteiger partial charge on any atom is 0.410 e. The number of hydrogen-bond acceptors (Lipinski definition) is 4. The zero-order valence-electron chi connectivity index (χ0n) is 11.6. The molecule has 0 spiro atoms. The number of carbonyl (C=O) groups excluding carboxylic acids is 1. The van der Waals surface area contributed by atoms with E-state index in [1.807, 2.05) is 13.8 Å². The fourth-order valence-electron chi connectivity index (χ4n) is 1.37. The molecule has 17 heavy (non-hydrogen) atoms. The number of nitrogens with zero attached hydrogens (tertiary/aromatic N) is 1. The summed E-state index contributed by atoms with van der Waals surface area (Å²) in [5, 5.41) is 19.1. The Labute approximate surface area is 103 Å². The van der Waals surface area contributed by atoms with Crippen LogP contribution in [0.25, 0.3) is 0 Å². The van der Waals surface area contributed by atoms with Crippen molar-refractivity contribution in [3.05, 3.63) is 0 Å². The molecule has 102 valence electrons. The quantitative estimate of drug-likeness (QED) is 0.784. The first kappa shape index (κ1) is 16.2. The minimum atomic E-state index is -0.780. The van der Waals surface area contributed by atoms with E-state index in [0.29, 0.717) is 0 Å². The second kappa shape index (κ2) is 6.21. The Bertz CT molecular complexity index is 247. The van der Waals surface area contributed by atoms with E-state index in [2.05, 4.69) is 0 Å². The van der Waals surface area contributed by atoms with E-state index in [0.717, 1.165) is 0 Å². The number of aliphatic hydroxyl groups excluding tert-OH is 2. The van der Waals surface area contributed by atoms with Crippen LogP contribution in [0.2, 0.25) is 0 Å². The Kier molecular flexibility index (Phi) is 5.92. The first-order chi connectivity index (χ1) is 7.60. The highest BCUT2D eigenvalue weighted by molar-refractivity contribution is 5.68. The van der Waals surface area contributed by atoms with Gasteiger partial charge in [0.1, 0.15) is 5.60 Å². The average molecular weight is 247 g/mol. The highest BCUT2D eigenvalue weighted by atomic mass is 16.6. The highest BCUT2D eigenvalue weighted by Gasteiger charge is 2.31. The van der Waals surface area contributed by atoms with Crippen molar-refractivity contribution in [2.45, 2.75) is 52.4 Å². The second-order valence-electron chi connectivity index (χ2n) is 5.58. The van der Waals surface area contributed by atoms with Crippen LogP contribution in [0.1, 0.15) is 34.6 Å². The predicted molar refractivity (Wildman–Crippen MR) is 65.7 cm³/mol. The Morgan fingerprint density at radius 2 is 1.82 bits per heavy atom. The van der Waals surface area contributed by atoms with Crippen LogP contribution >= 0.6 is 0 Å². The van der Waals surface area contributed by atoms with Gasteiger partial charge in [0.15, 0.2) is 0 Å². The van der Waals surface area contributed by atoms with Gasteiger partial charge in [-0.05, 0) is 26.7 Å². The van der Waals surface area contributed by atoms with Gasteiger partial charge in [-0.2, -0.15) is 0 Å². The van der Waals surface area contributed by atoms with Gasteiger partial charge in [-0.15, -0.1) is 0 Å². The smallest absolute Gasteiger partial charge is 0.410 e. The molecule has 0 aromatic heterocycles. The topological polar surface area (TPSA) is 70.0 Å². The lowest BCUT2D eigenvalue weighted by Gasteiger charge is -2.33. The van der Waals surface area contributed by atoms with E-state index >= 15 is 0 Å². The molecule has 0 aromatic rings. The number of likely N-dealkylation sites (N-methyl/N-ethyl adjacent to an activating group) is 1. The average Bonchev–Trinajstić information content (AvgIpc) is 2.15. The minimum Gasteiger partial charge on any atom is -0.444 e. The molecule has 2 N–H and O–H groups in total. The van der Waals surface area contributed by atoms with E-state index in [-0.39, 0.29) is 12.5 Å². The molecule has 0 unspecified atom stereocenters. The van der Waals surface area contributed by atoms with Crippen LogP contribution in [0, 0.1) is 5.92 Å². The van der Waals surface area contributed by atoms with E-state index in [1.165, 1.54) is 11.9 Å². The molecule has 0 bridgehead atoms. The molecule has 0 fully saturated rings. The van der Waals surface area contributed by atoms with E-state index < -0.39 is 23.8 Å². The Morgan fingerprint density at radius 1 is 1.35 bits per heavy atom. The van der Waals surface area contributed by atoms with Gasteiger partial charge in [0.2, 0.25) is 0 Å². The Morgan fingerprint density at radius 3 is 2.12 bits per heavy atom. The lowest BCUT2D eigenvalue weighted by molar-refractivity contribution is -0.0221. The molecular formula is C12H25NO4. The number of amides is 1. The molecule has 0 saturated carbocycles. The summed E-state index contributed by atoms with van der Waals surface area (Å²) in [7, 11) is 1.51. The molecule has 1 amide bonds. The van der Waals surface area contributed by atoms with Gasteiger partial charge in [0, 0.05) is 7.05 Å². The van der Waals surface area contributed by atoms with Crippen LogP contribution in [0.5, 0.6) is 0 Å². The Hall–Kier alpha value is -0.810. The van der Waals surface area contributed by atoms with Gasteiger partial charge in [0.05, 0.1) is 18.8 Å². The monoisotopic (exact) mass is 247 g/mol. The largest absolute Gasteiger partial charge is 0.444 e. The summed E-state index contributed by atoms with van der Waals surface area (Å²) in [4.78, 5) is 13.0. The summed E-state index contributed by atoms with van der Waals surface area (Å²) in [5.41, 5.74) is -0.589. The molecule has 0 aliphatic heterocycles. The number of ether oxygens (including phenoxy) is 1. The van der Waals surface area contributed by atoms with Crippen molar-refractivity contribution in [1.82, 2.24) is 4.90 Å². The minimum absolute atomic E-state index is 0.0444. The number of rotatable bonds is 4. The first-order valence-electron chi connectivity index (χ1n) is 5.85. The summed E-state index contributed by atoms with van der Waals surface area (Å²) in [6, 6.07) is -0.648. The summed E-state index contributed by atoms with van der Waals surface area (Å²) in [5.74, 6) is -0.0444. The summed E-state index contributed by atoms with van der Waals surface area (Å²) >= 11 is 0. The molecule has 5 heteroatoms. The molecule has 0 aliphatic rings. The fraction of sp³-hybridized carbons (Fsp3) is 0.917. The van der Waals surface area contributed by atoms with Crippen LogP contribution < -0.4 is 0 Å². The van der Waals surface area contributed by atoms with E-state index in [9.17, 15) is 15.0 Å². The molecule has 0 heterocycles. The van der Waals surface area contributed by atoms with Crippen molar-refractivity contribution >= 4 is 6.09 Å². The number of carbonyl (C=O) groups is 1. The normalized spacial score (nSPS) is 15.6. The lowest BCUT2D eigenvalue weighted by Crippen LogP contribution is -2.50. The molecule has 0 saturated heterocycles. The predicted octanol–water partition coefficient (Wildman–Crippen LogP) is 1.23. The van der Waals surface area contributed by atoms with Crippen molar-refractivity contribution in [3.8, 4) is 0 Å². The number of aliphatic hydroxyl groups is 2. The Balaban J connectivity index is 4.64. The standard InChI is InChI=1S/C12H25NO4/c1-8(2)10(15)9(7-14)13(6)11(16)17-12(3,4)5/h8-10,14-15H,7H2,1-6H3/t9-,10+/m1/s1. The summed E-state index contributed by atoms with van der Waals surface area (Å²) in [6.07, 6.45) is -1.33. The van der Waals surface area contributed by atoms with Crippen molar-refractivity contribution in [2.75, 3.05) is 13.7 Å². The third-order valence-electron chi connectivity index (χ3n) is 2.44. The van der Waals surface area contributed by atoms with Crippen LogP contribution in [0.4, 0.5) is 4.79 Å². The van der Waals surface area contributed by atoms with Gasteiger partial charge in [-0.1, -0.05) is 13.8 Å². The van der Waals surface area contributed by atoms with Gasteiger partial charge in [0.25, 0.3) is 0 Å². The summed E-state index contributed by atoms with van der Waals surface area (Å²) in [6.45, 7) is 8.67. The maximum atomic E-state index is 11.8. The third kappa shape index (κ3) is 5.37. The maximum absolute atomic E-state index is 11.8. The molecule has 5 nitrogen and oxygen atoms in total. The summed E-state index contributed by atoms with van der Waals surface area (Å²) < 4.78 is 5.18. The fourth-order valence-corrected chi connectivity index (χ4v) is 1.37.